The second kappa shape index (κ2) is 7.55. The highest BCUT2D eigenvalue weighted by Crippen LogP contribution is 2.37. The molecule has 1 saturated heterocycles. The summed E-state index contributed by atoms with van der Waals surface area (Å²) in [5.41, 5.74) is 1.13. The fourth-order valence-electron chi connectivity index (χ4n) is 3.20. The summed E-state index contributed by atoms with van der Waals surface area (Å²) in [6.07, 6.45) is 6.38. The summed E-state index contributed by atoms with van der Waals surface area (Å²) in [5.74, 6) is 1.04. The molecule has 0 radical (unpaired) electrons. The maximum absolute atomic E-state index is 9.99. The molecular formula is C17H27NO3. The Kier molecular flexibility index (Phi) is 5.74. The van der Waals surface area contributed by atoms with E-state index in [1.165, 1.54) is 32.1 Å². The Balaban J connectivity index is 2.17. The van der Waals surface area contributed by atoms with Gasteiger partial charge in [0.25, 0.3) is 0 Å². The van der Waals surface area contributed by atoms with Crippen molar-refractivity contribution in [1.82, 2.24) is 4.90 Å². The maximum atomic E-state index is 9.99. The van der Waals surface area contributed by atoms with Gasteiger partial charge in [-0.1, -0.05) is 19.8 Å². The molecule has 0 amide bonds. The Bertz CT molecular complexity index is 434. The van der Waals surface area contributed by atoms with Crippen molar-refractivity contribution in [2.24, 2.45) is 0 Å². The third-order valence-corrected chi connectivity index (χ3v) is 4.30. The van der Waals surface area contributed by atoms with Gasteiger partial charge in [0.05, 0.1) is 14.2 Å². The number of methoxy groups -OCH3 is 2. The Morgan fingerprint density at radius 3 is 2.43 bits per heavy atom. The molecule has 1 unspecified atom stereocenters. The molecule has 1 atom stereocenters. The van der Waals surface area contributed by atoms with E-state index in [1.807, 2.05) is 12.1 Å². The second-order valence-corrected chi connectivity index (χ2v) is 5.76. The first-order chi connectivity index (χ1) is 10.2. The minimum atomic E-state index is 0.0764. The van der Waals surface area contributed by atoms with Crippen LogP contribution in [-0.2, 0) is 6.54 Å². The molecule has 0 aromatic heterocycles. The molecule has 0 saturated carbocycles. The van der Waals surface area contributed by atoms with E-state index >= 15 is 0 Å². The number of ether oxygens (including phenoxy) is 2. The topological polar surface area (TPSA) is 41.9 Å². The van der Waals surface area contributed by atoms with Gasteiger partial charge in [-0.2, -0.15) is 0 Å². The van der Waals surface area contributed by atoms with Crippen LogP contribution in [0.2, 0.25) is 0 Å². The highest BCUT2D eigenvalue weighted by molar-refractivity contribution is 5.52. The number of rotatable bonds is 6. The van der Waals surface area contributed by atoms with Gasteiger partial charge in [-0.3, -0.25) is 4.90 Å². The number of aromatic hydroxyl groups is 1. The minimum absolute atomic E-state index is 0.0764. The third-order valence-electron chi connectivity index (χ3n) is 4.30. The summed E-state index contributed by atoms with van der Waals surface area (Å²) in [6, 6.07) is 4.50. The van der Waals surface area contributed by atoms with Crippen molar-refractivity contribution in [2.45, 2.75) is 51.6 Å². The average Bonchev–Trinajstić information content (AvgIpc) is 2.51. The normalized spacial score (nSPS) is 19.5. The first kappa shape index (κ1) is 16.0. The molecule has 1 aliphatic heterocycles. The van der Waals surface area contributed by atoms with E-state index in [0.717, 1.165) is 18.7 Å². The third kappa shape index (κ3) is 3.82. The molecule has 4 heteroatoms. The Labute approximate surface area is 127 Å². The summed E-state index contributed by atoms with van der Waals surface area (Å²) >= 11 is 0. The van der Waals surface area contributed by atoms with Crippen LogP contribution in [0.4, 0.5) is 0 Å². The van der Waals surface area contributed by atoms with E-state index in [0.29, 0.717) is 17.5 Å². The smallest absolute Gasteiger partial charge is 0.200 e. The molecule has 0 bridgehead atoms. The first-order valence-electron chi connectivity index (χ1n) is 7.87. The largest absolute Gasteiger partial charge is 0.502 e. The van der Waals surface area contributed by atoms with Crippen molar-refractivity contribution in [3.05, 3.63) is 17.7 Å². The standard InChI is InChI=1S/C17H27NO3/c1-4-7-14-8-5-6-9-18(14)12-13-10-15(20-2)17(19)16(11-13)21-3/h10-11,14,19H,4-9,12H2,1-3H3. The molecule has 1 aromatic carbocycles. The van der Waals surface area contributed by atoms with Gasteiger partial charge in [-0.25, -0.2) is 0 Å². The lowest BCUT2D eigenvalue weighted by molar-refractivity contribution is 0.131. The Hall–Kier alpha value is -1.42. The zero-order valence-electron chi connectivity index (χ0n) is 13.4. The van der Waals surface area contributed by atoms with E-state index in [9.17, 15) is 5.11 Å². The summed E-state index contributed by atoms with van der Waals surface area (Å²) in [4.78, 5) is 2.55. The van der Waals surface area contributed by atoms with Crippen LogP contribution in [0.5, 0.6) is 17.2 Å². The van der Waals surface area contributed by atoms with Crippen LogP contribution >= 0.6 is 0 Å². The van der Waals surface area contributed by atoms with Gasteiger partial charge in [-0.15, -0.1) is 0 Å². The van der Waals surface area contributed by atoms with Gasteiger partial charge in [0.1, 0.15) is 0 Å². The number of hydrogen-bond donors (Lipinski definition) is 1. The highest BCUT2D eigenvalue weighted by Gasteiger charge is 2.22. The zero-order valence-corrected chi connectivity index (χ0v) is 13.4. The molecule has 1 aliphatic rings. The molecule has 1 N–H and O–H groups in total. The molecule has 1 fully saturated rings. The van der Waals surface area contributed by atoms with Crippen molar-refractivity contribution in [3.8, 4) is 17.2 Å². The maximum Gasteiger partial charge on any atom is 0.200 e. The van der Waals surface area contributed by atoms with Crippen LogP contribution in [0.1, 0.15) is 44.6 Å². The van der Waals surface area contributed by atoms with E-state index in [4.69, 9.17) is 9.47 Å². The molecular weight excluding hydrogens is 266 g/mol. The number of hydrogen-bond acceptors (Lipinski definition) is 4. The predicted molar refractivity (Wildman–Crippen MR) is 84.2 cm³/mol. The van der Waals surface area contributed by atoms with E-state index in [2.05, 4.69) is 11.8 Å². The van der Waals surface area contributed by atoms with Crippen LogP contribution in [0.15, 0.2) is 12.1 Å². The average molecular weight is 293 g/mol. The summed E-state index contributed by atoms with van der Waals surface area (Å²) < 4.78 is 10.5. The van der Waals surface area contributed by atoms with E-state index in [-0.39, 0.29) is 5.75 Å². The van der Waals surface area contributed by atoms with Crippen LogP contribution in [0, 0.1) is 0 Å². The molecule has 2 rings (SSSR count). The van der Waals surface area contributed by atoms with Crippen LogP contribution in [0.25, 0.3) is 0 Å². The number of benzene rings is 1. The Morgan fingerprint density at radius 1 is 1.19 bits per heavy atom. The summed E-state index contributed by atoms with van der Waals surface area (Å²) in [5, 5.41) is 9.99. The van der Waals surface area contributed by atoms with Crippen molar-refractivity contribution >= 4 is 0 Å². The lowest BCUT2D eigenvalue weighted by Crippen LogP contribution is -2.38. The van der Waals surface area contributed by atoms with E-state index < -0.39 is 0 Å². The lowest BCUT2D eigenvalue weighted by atomic mass is 9.97. The van der Waals surface area contributed by atoms with Crippen molar-refractivity contribution in [1.29, 1.82) is 0 Å². The van der Waals surface area contributed by atoms with Gasteiger partial charge in [0.2, 0.25) is 5.75 Å². The fourth-order valence-corrected chi connectivity index (χ4v) is 3.20. The number of piperidine rings is 1. The van der Waals surface area contributed by atoms with Crippen molar-refractivity contribution in [3.63, 3.8) is 0 Å². The molecule has 4 nitrogen and oxygen atoms in total. The van der Waals surface area contributed by atoms with Crippen LogP contribution in [-0.4, -0.2) is 36.8 Å². The minimum Gasteiger partial charge on any atom is -0.502 e. The summed E-state index contributed by atoms with van der Waals surface area (Å²) in [6.45, 7) is 4.28. The number of likely N-dealkylation sites (tertiary alicyclic amines) is 1. The van der Waals surface area contributed by atoms with Crippen LogP contribution in [0.3, 0.4) is 0 Å². The van der Waals surface area contributed by atoms with Crippen LogP contribution < -0.4 is 9.47 Å². The fraction of sp³-hybridized carbons (Fsp3) is 0.647. The Morgan fingerprint density at radius 2 is 1.86 bits per heavy atom. The first-order valence-corrected chi connectivity index (χ1v) is 7.87. The van der Waals surface area contributed by atoms with Gasteiger partial charge in [0.15, 0.2) is 11.5 Å². The molecule has 1 aromatic rings. The van der Waals surface area contributed by atoms with Crippen molar-refractivity contribution < 1.29 is 14.6 Å². The monoisotopic (exact) mass is 293 g/mol. The molecule has 21 heavy (non-hydrogen) atoms. The van der Waals surface area contributed by atoms with Gasteiger partial charge in [-0.05, 0) is 43.5 Å². The van der Waals surface area contributed by atoms with Crippen molar-refractivity contribution in [2.75, 3.05) is 20.8 Å². The SMILES string of the molecule is CCCC1CCCCN1Cc1cc(OC)c(O)c(OC)c1. The van der Waals surface area contributed by atoms with Gasteiger partial charge < -0.3 is 14.6 Å². The predicted octanol–water partition coefficient (Wildman–Crippen LogP) is 3.56. The summed E-state index contributed by atoms with van der Waals surface area (Å²) in [7, 11) is 3.14. The quantitative estimate of drug-likeness (QED) is 0.870. The number of nitrogens with zero attached hydrogens (tertiary/aromatic N) is 1. The lowest BCUT2D eigenvalue weighted by Gasteiger charge is -2.35. The zero-order chi connectivity index (χ0) is 15.2. The molecule has 118 valence electrons. The molecule has 1 heterocycles. The molecule has 0 aliphatic carbocycles. The molecule has 0 spiro atoms. The van der Waals surface area contributed by atoms with E-state index in [1.54, 1.807) is 14.2 Å². The second-order valence-electron chi connectivity index (χ2n) is 5.76. The number of phenolic OH excluding ortho intramolecular Hbond substituents is 1. The van der Waals surface area contributed by atoms with Gasteiger partial charge in [0, 0.05) is 12.6 Å². The highest BCUT2D eigenvalue weighted by atomic mass is 16.5. The van der Waals surface area contributed by atoms with Gasteiger partial charge >= 0.3 is 0 Å². The number of phenols is 1.